The Morgan fingerprint density at radius 2 is 1.92 bits per heavy atom. The van der Waals surface area contributed by atoms with E-state index in [2.05, 4.69) is 5.10 Å². The largest absolute Gasteiger partial charge is 0.338 e. The number of hydrogen-bond acceptors (Lipinski definition) is 3. The highest BCUT2D eigenvalue weighted by molar-refractivity contribution is 7.20. The first-order chi connectivity index (χ1) is 12.5. The third kappa shape index (κ3) is 3.03. The molecule has 0 atom stereocenters. The number of hydrogen-bond donors (Lipinski definition) is 0. The Balaban J connectivity index is 1.68. The molecule has 0 saturated heterocycles. The standard InChI is InChI=1S/C20H22FN3OS/c1-13-17-12-18(19(25)23(2)15-6-4-3-5-7-15)26-20(17)24(22-13)16-10-8-14(21)9-11-16/h8-12,15H,3-7H2,1-2H3. The first-order valence-electron chi connectivity index (χ1n) is 9.07. The van der Waals surface area contributed by atoms with Crippen LogP contribution in [0.4, 0.5) is 4.39 Å². The zero-order valence-electron chi connectivity index (χ0n) is 15.0. The van der Waals surface area contributed by atoms with E-state index in [1.54, 1.807) is 16.8 Å². The van der Waals surface area contributed by atoms with Crippen LogP contribution in [0.15, 0.2) is 30.3 Å². The number of fused-ring (bicyclic) bond motifs is 1. The number of benzene rings is 1. The van der Waals surface area contributed by atoms with Gasteiger partial charge in [0.2, 0.25) is 0 Å². The lowest BCUT2D eigenvalue weighted by molar-refractivity contribution is 0.0701. The van der Waals surface area contributed by atoms with Crippen LogP contribution in [-0.4, -0.2) is 33.7 Å². The van der Waals surface area contributed by atoms with E-state index in [1.165, 1.54) is 42.7 Å². The first kappa shape index (κ1) is 17.2. The van der Waals surface area contributed by atoms with Crippen LogP contribution >= 0.6 is 11.3 Å². The van der Waals surface area contributed by atoms with Gasteiger partial charge in [0.15, 0.2) is 0 Å². The molecule has 0 aliphatic heterocycles. The molecule has 0 unspecified atom stereocenters. The van der Waals surface area contributed by atoms with Gasteiger partial charge in [0, 0.05) is 18.5 Å². The Morgan fingerprint density at radius 1 is 1.23 bits per heavy atom. The smallest absolute Gasteiger partial charge is 0.264 e. The van der Waals surface area contributed by atoms with Crippen LogP contribution in [0.3, 0.4) is 0 Å². The molecule has 1 aliphatic carbocycles. The van der Waals surface area contributed by atoms with Gasteiger partial charge in [-0.25, -0.2) is 9.07 Å². The molecule has 3 aromatic rings. The molecule has 4 nitrogen and oxygen atoms in total. The van der Waals surface area contributed by atoms with Crippen LogP contribution in [0.2, 0.25) is 0 Å². The molecule has 0 spiro atoms. The number of aromatic nitrogens is 2. The zero-order chi connectivity index (χ0) is 18.3. The molecule has 2 aromatic heterocycles. The second-order valence-corrected chi connectivity index (χ2v) is 8.04. The zero-order valence-corrected chi connectivity index (χ0v) is 15.9. The summed E-state index contributed by atoms with van der Waals surface area (Å²) < 4.78 is 15.0. The second kappa shape index (κ2) is 6.83. The van der Waals surface area contributed by atoms with Crippen molar-refractivity contribution >= 4 is 27.5 Å². The predicted molar refractivity (Wildman–Crippen MR) is 103 cm³/mol. The minimum absolute atomic E-state index is 0.0863. The van der Waals surface area contributed by atoms with Gasteiger partial charge in [0.05, 0.1) is 16.3 Å². The van der Waals surface area contributed by atoms with E-state index < -0.39 is 0 Å². The summed E-state index contributed by atoms with van der Waals surface area (Å²) in [6, 6.07) is 8.55. The van der Waals surface area contributed by atoms with Gasteiger partial charge in [0.25, 0.3) is 5.91 Å². The maximum Gasteiger partial charge on any atom is 0.264 e. The highest BCUT2D eigenvalue weighted by atomic mass is 32.1. The fourth-order valence-corrected chi connectivity index (χ4v) is 4.88. The molecule has 2 heterocycles. The van der Waals surface area contributed by atoms with Crippen molar-refractivity contribution < 1.29 is 9.18 Å². The minimum atomic E-state index is -0.273. The topological polar surface area (TPSA) is 38.1 Å². The monoisotopic (exact) mass is 371 g/mol. The van der Waals surface area contributed by atoms with Crippen molar-refractivity contribution in [3.05, 3.63) is 46.7 Å². The molecule has 6 heteroatoms. The Hall–Kier alpha value is -2.21. The quantitative estimate of drug-likeness (QED) is 0.654. The van der Waals surface area contributed by atoms with Crippen molar-refractivity contribution in [2.24, 2.45) is 0 Å². The molecule has 1 amide bonds. The number of amides is 1. The number of nitrogens with zero attached hydrogens (tertiary/aromatic N) is 3. The van der Waals surface area contributed by atoms with Crippen LogP contribution in [-0.2, 0) is 0 Å². The second-order valence-electron chi connectivity index (χ2n) is 7.01. The molecule has 136 valence electrons. The Morgan fingerprint density at radius 3 is 2.62 bits per heavy atom. The normalized spacial score (nSPS) is 15.5. The van der Waals surface area contributed by atoms with Crippen LogP contribution < -0.4 is 0 Å². The van der Waals surface area contributed by atoms with Gasteiger partial charge in [-0.3, -0.25) is 4.79 Å². The molecular formula is C20H22FN3OS. The van der Waals surface area contributed by atoms with E-state index >= 15 is 0 Å². The van der Waals surface area contributed by atoms with Crippen LogP contribution in [0, 0.1) is 12.7 Å². The Labute approximate surface area is 156 Å². The number of carbonyl (C=O) groups is 1. The first-order valence-corrected chi connectivity index (χ1v) is 9.88. The summed E-state index contributed by atoms with van der Waals surface area (Å²) in [5.74, 6) is -0.187. The average molecular weight is 371 g/mol. The van der Waals surface area contributed by atoms with Crippen molar-refractivity contribution in [3.63, 3.8) is 0 Å². The van der Waals surface area contributed by atoms with Gasteiger partial charge >= 0.3 is 0 Å². The molecular weight excluding hydrogens is 349 g/mol. The minimum Gasteiger partial charge on any atom is -0.338 e. The summed E-state index contributed by atoms with van der Waals surface area (Å²) in [4.78, 5) is 16.5. The van der Waals surface area contributed by atoms with E-state index in [0.29, 0.717) is 6.04 Å². The number of thiophene rings is 1. The summed E-state index contributed by atoms with van der Waals surface area (Å²) in [5.41, 5.74) is 1.67. The summed E-state index contributed by atoms with van der Waals surface area (Å²) in [5, 5.41) is 5.55. The predicted octanol–water partition coefficient (Wildman–Crippen LogP) is 4.94. The maximum atomic E-state index is 13.2. The number of aryl methyl sites for hydroxylation is 1. The maximum absolute atomic E-state index is 13.2. The molecule has 1 aliphatic rings. The SMILES string of the molecule is Cc1nn(-c2ccc(F)cc2)c2sc(C(=O)N(C)C3CCCCC3)cc12. The number of halogens is 1. The van der Waals surface area contributed by atoms with Gasteiger partial charge < -0.3 is 4.90 Å². The fourth-order valence-electron chi connectivity index (χ4n) is 3.72. The lowest BCUT2D eigenvalue weighted by atomic mass is 9.94. The number of carbonyl (C=O) groups excluding carboxylic acids is 1. The van der Waals surface area contributed by atoms with E-state index in [0.717, 1.165) is 39.3 Å². The van der Waals surface area contributed by atoms with Crippen molar-refractivity contribution in [2.75, 3.05) is 7.05 Å². The lowest BCUT2D eigenvalue weighted by Gasteiger charge is -2.30. The van der Waals surface area contributed by atoms with Crippen molar-refractivity contribution in [3.8, 4) is 5.69 Å². The Kier molecular flexibility index (Phi) is 4.53. The summed E-state index contributed by atoms with van der Waals surface area (Å²) in [6.45, 7) is 1.94. The summed E-state index contributed by atoms with van der Waals surface area (Å²) in [7, 11) is 1.92. The third-order valence-corrected chi connectivity index (χ3v) is 6.37. The molecule has 1 fully saturated rings. The lowest BCUT2D eigenvalue weighted by Crippen LogP contribution is -2.37. The molecule has 26 heavy (non-hydrogen) atoms. The van der Waals surface area contributed by atoms with Gasteiger partial charge in [-0.15, -0.1) is 11.3 Å². The van der Waals surface area contributed by atoms with Crippen LogP contribution in [0.5, 0.6) is 0 Å². The summed E-state index contributed by atoms with van der Waals surface area (Å²) in [6.07, 6.45) is 5.86. The van der Waals surface area contributed by atoms with E-state index in [1.807, 2.05) is 24.9 Å². The van der Waals surface area contributed by atoms with Gasteiger partial charge in [-0.1, -0.05) is 19.3 Å². The van der Waals surface area contributed by atoms with Crippen LogP contribution in [0.1, 0.15) is 47.5 Å². The van der Waals surface area contributed by atoms with Gasteiger partial charge in [-0.2, -0.15) is 5.10 Å². The molecule has 1 saturated carbocycles. The summed E-state index contributed by atoms with van der Waals surface area (Å²) >= 11 is 1.46. The highest BCUT2D eigenvalue weighted by Crippen LogP contribution is 2.32. The average Bonchev–Trinajstić information content (AvgIpc) is 3.23. The molecule has 0 bridgehead atoms. The Bertz CT molecular complexity index is 938. The fraction of sp³-hybridized carbons (Fsp3) is 0.400. The van der Waals surface area contributed by atoms with Gasteiger partial charge in [0.1, 0.15) is 10.6 Å². The molecule has 0 radical (unpaired) electrons. The van der Waals surface area contributed by atoms with Crippen molar-refractivity contribution in [2.45, 2.75) is 45.1 Å². The van der Waals surface area contributed by atoms with Crippen LogP contribution in [0.25, 0.3) is 15.9 Å². The molecule has 0 N–H and O–H groups in total. The highest BCUT2D eigenvalue weighted by Gasteiger charge is 2.25. The number of rotatable bonds is 3. The molecule has 4 rings (SSSR count). The van der Waals surface area contributed by atoms with Crippen molar-refractivity contribution in [1.82, 2.24) is 14.7 Å². The van der Waals surface area contributed by atoms with Crippen molar-refractivity contribution in [1.29, 1.82) is 0 Å². The van der Waals surface area contributed by atoms with E-state index in [-0.39, 0.29) is 11.7 Å². The molecule has 1 aromatic carbocycles. The van der Waals surface area contributed by atoms with Gasteiger partial charge in [-0.05, 0) is 50.1 Å². The van der Waals surface area contributed by atoms with E-state index in [9.17, 15) is 9.18 Å². The van der Waals surface area contributed by atoms with E-state index in [4.69, 9.17) is 0 Å². The third-order valence-electron chi connectivity index (χ3n) is 5.27.